The molecule has 2 atom stereocenters. The summed E-state index contributed by atoms with van der Waals surface area (Å²) in [5, 5.41) is 9.18. The molecule has 1 aliphatic heterocycles. The van der Waals surface area contributed by atoms with Gasteiger partial charge in [-0.1, -0.05) is 18.2 Å². The Hall–Kier alpha value is -2.14. The summed E-state index contributed by atoms with van der Waals surface area (Å²) in [6.07, 6.45) is 7.22. The van der Waals surface area contributed by atoms with Gasteiger partial charge in [0.1, 0.15) is 12.7 Å². The van der Waals surface area contributed by atoms with Gasteiger partial charge < -0.3 is 9.55 Å². The largest absolute Gasteiger partial charge is 0.361 e. The van der Waals surface area contributed by atoms with Gasteiger partial charge in [0.05, 0.1) is 6.17 Å². The molecule has 1 N–H and O–H groups in total. The molecule has 4 rings (SSSR count). The van der Waals surface area contributed by atoms with Crippen molar-refractivity contribution in [3.63, 3.8) is 0 Å². The number of likely N-dealkylation sites (tertiary alicyclic amines) is 1. The molecule has 0 radical (unpaired) electrons. The maximum atomic E-state index is 3.92. The fourth-order valence-electron chi connectivity index (χ4n) is 3.35. The van der Waals surface area contributed by atoms with Gasteiger partial charge in [0.2, 0.25) is 0 Å². The standard InChI is InChI=1S/C15H17N5/c1-19-8-11(6-15(19)20-9-17-18-10-20)13-7-16-14-5-3-2-4-12(13)14/h2-5,7,9-11,15-16H,6,8H2,1H3. The van der Waals surface area contributed by atoms with Crippen LogP contribution in [0.3, 0.4) is 0 Å². The second-order valence-electron chi connectivity index (χ2n) is 5.55. The third-order valence-electron chi connectivity index (χ3n) is 4.35. The first kappa shape index (κ1) is 11.7. The van der Waals surface area contributed by atoms with E-state index in [1.165, 1.54) is 16.5 Å². The summed E-state index contributed by atoms with van der Waals surface area (Å²) in [5.74, 6) is 0.545. The maximum Gasteiger partial charge on any atom is 0.120 e. The van der Waals surface area contributed by atoms with E-state index in [-0.39, 0.29) is 0 Å². The van der Waals surface area contributed by atoms with E-state index < -0.39 is 0 Å². The third-order valence-corrected chi connectivity index (χ3v) is 4.35. The molecule has 1 saturated heterocycles. The normalized spacial score (nSPS) is 23.6. The predicted octanol–water partition coefficient (Wildman–Crippen LogP) is 2.38. The van der Waals surface area contributed by atoms with Crippen molar-refractivity contribution < 1.29 is 0 Å². The lowest BCUT2D eigenvalue weighted by atomic mass is 9.97. The molecule has 0 amide bonds. The Bertz CT molecular complexity index is 715. The van der Waals surface area contributed by atoms with E-state index in [0.29, 0.717) is 12.1 Å². The van der Waals surface area contributed by atoms with Crippen LogP contribution in [-0.4, -0.2) is 38.2 Å². The van der Waals surface area contributed by atoms with Crippen LogP contribution in [0.25, 0.3) is 10.9 Å². The highest BCUT2D eigenvalue weighted by Crippen LogP contribution is 2.38. The number of hydrogen-bond acceptors (Lipinski definition) is 3. The van der Waals surface area contributed by atoms with Crippen LogP contribution in [0.2, 0.25) is 0 Å². The minimum atomic E-state index is 0.351. The topological polar surface area (TPSA) is 49.7 Å². The number of aromatic amines is 1. The van der Waals surface area contributed by atoms with E-state index in [1.807, 2.05) is 0 Å². The average molecular weight is 267 g/mol. The minimum absolute atomic E-state index is 0.351. The van der Waals surface area contributed by atoms with Gasteiger partial charge in [-0.25, -0.2) is 0 Å². The monoisotopic (exact) mass is 267 g/mol. The van der Waals surface area contributed by atoms with Gasteiger partial charge >= 0.3 is 0 Å². The van der Waals surface area contributed by atoms with Crippen molar-refractivity contribution in [2.75, 3.05) is 13.6 Å². The van der Waals surface area contributed by atoms with Crippen LogP contribution in [-0.2, 0) is 0 Å². The number of benzene rings is 1. The number of H-pyrrole nitrogens is 1. The van der Waals surface area contributed by atoms with Gasteiger partial charge in [-0.05, 0) is 25.1 Å². The Morgan fingerprint density at radius 2 is 2.00 bits per heavy atom. The summed E-state index contributed by atoms with van der Waals surface area (Å²) in [4.78, 5) is 5.75. The second kappa shape index (κ2) is 4.45. The minimum Gasteiger partial charge on any atom is -0.361 e. The van der Waals surface area contributed by atoms with E-state index in [9.17, 15) is 0 Å². The fourth-order valence-corrected chi connectivity index (χ4v) is 3.35. The second-order valence-corrected chi connectivity index (χ2v) is 5.55. The summed E-state index contributed by atoms with van der Waals surface area (Å²) in [6.45, 7) is 1.06. The molecule has 0 bridgehead atoms. The first-order chi connectivity index (χ1) is 9.83. The number of rotatable bonds is 2. The Balaban J connectivity index is 1.67. The molecular weight excluding hydrogens is 250 g/mol. The zero-order chi connectivity index (χ0) is 13.5. The van der Waals surface area contributed by atoms with Gasteiger partial charge in [0, 0.05) is 29.6 Å². The average Bonchev–Trinajstić information content (AvgIpc) is 3.16. The van der Waals surface area contributed by atoms with Gasteiger partial charge in [-0.3, -0.25) is 4.90 Å². The van der Waals surface area contributed by atoms with E-state index in [4.69, 9.17) is 0 Å². The lowest BCUT2D eigenvalue weighted by Crippen LogP contribution is -2.22. The molecule has 5 nitrogen and oxygen atoms in total. The molecule has 20 heavy (non-hydrogen) atoms. The fraction of sp³-hybridized carbons (Fsp3) is 0.333. The van der Waals surface area contributed by atoms with Crippen molar-refractivity contribution in [3.05, 3.63) is 48.7 Å². The van der Waals surface area contributed by atoms with Crippen molar-refractivity contribution in [2.24, 2.45) is 0 Å². The molecule has 1 aliphatic rings. The highest BCUT2D eigenvalue weighted by Gasteiger charge is 2.32. The molecule has 3 aromatic rings. The zero-order valence-electron chi connectivity index (χ0n) is 11.4. The number of nitrogens with zero attached hydrogens (tertiary/aromatic N) is 4. The third kappa shape index (κ3) is 1.74. The van der Waals surface area contributed by atoms with Gasteiger partial charge in [-0.15, -0.1) is 10.2 Å². The quantitative estimate of drug-likeness (QED) is 0.775. The Labute approximate surface area is 117 Å². The van der Waals surface area contributed by atoms with Crippen LogP contribution >= 0.6 is 0 Å². The molecule has 2 aromatic heterocycles. The lowest BCUT2D eigenvalue weighted by molar-refractivity contribution is 0.237. The number of likely N-dealkylation sites (N-methyl/N-ethyl adjacent to an activating group) is 1. The maximum absolute atomic E-state index is 3.92. The van der Waals surface area contributed by atoms with Crippen molar-refractivity contribution in [1.29, 1.82) is 0 Å². The number of aromatic nitrogens is 4. The van der Waals surface area contributed by atoms with Crippen LogP contribution < -0.4 is 0 Å². The molecule has 1 fully saturated rings. The van der Waals surface area contributed by atoms with Crippen molar-refractivity contribution >= 4 is 10.9 Å². The van der Waals surface area contributed by atoms with Crippen molar-refractivity contribution in [2.45, 2.75) is 18.5 Å². The molecule has 3 heterocycles. The van der Waals surface area contributed by atoms with Gasteiger partial charge in [0.15, 0.2) is 0 Å². The number of nitrogens with one attached hydrogen (secondary N) is 1. The summed E-state index contributed by atoms with van der Waals surface area (Å²) >= 11 is 0. The molecule has 1 aromatic carbocycles. The summed E-state index contributed by atoms with van der Waals surface area (Å²) in [7, 11) is 2.17. The number of para-hydroxylation sites is 1. The van der Waals surface area contributed by atoms with E-state index in [2.05, 4.69) is 62.2 Å². The van der Waals surface area contributed by atoms with Crippen molar-refractivity contribution in [1.82, 2.24) is 24.6 Å². The Kier molecular flexibility index (Phi) is 2.60. The van der Waals surface area contributed by atoms with Crippen LogP contribution in [0.5, 0.6) is 0 Å². The zero-order valence-corrected chi connectivity index (χ0v) is 11.4. The van der Waals surface area contributed by atoms with Crippen LogP contribution in [0.15, 0.2) is 43.1 Å². The van der Waals surface area contributed by atoms with Crippen molar-refractivity contribution in [3.8, 4) is 0 Å². The summed E-state index contributed by atoms with van der Waals surface area (Å²) in [6, 6.07) is 8.51. The molecule has 102 valence electrons. The van der Waals surface area contributed by atoms with Crippen LogP contribution in [0, 0.1) is 0 Å². The first-order valence-electron chi connectivity index (χ1n) is 6.93. The van der Waals surface area contributed by atoms with Crippen LogP contribution in [0.1, 0.15) is 24.1 Å². The van der Waals surface area contributed by atoms with E-state index in [1.54, 1.807) is 12.7 Å². The molecule has 0 saturated carbocycles. The number of hydrogen-bond donors (Lipinski definition) is 1. The predicted molar refractivity (Wildman–Crippen MR) is 77.3 cm³/mol. The molecule has 5 heteroatoms. The Morgan fingerprint density at radius 3 is 2.85 bits per heavy atom. The summed E-state index contributed by atoms with van der Waals surface area (Å²) in [5.41, 5.74) is 2.64. The molecular formula is C15H17N5. The summed E-state index contributed by atoms with van der Waals surface area (Å²) < 4.78 is 2.09. The highest BCUT2D eigenvalue weighted by atomic mass is 15.4. The van der Waals surface area contributed by atoms with Gasteiger partial charge in [0.25, 0.3) is 0 Å². The van der Waals surface area contributed by atoms with E-state index in [0.717, 1.165) is 13.0 Å². The molecule has 2 unspecified atom stereocenters. The lowest BCUT2D eigenvalue weighted by Gasteiger charge is -2.19. The number of fused-ring (bicyclic) bond motifs is 1. The highest BCUT2D eigenvalue weighted by molar-refractivity contribution is 5.83. The first-order valence-corrected chi connectivity index (χ1v) is 6.93. The molecule has 0 spiro atoms. The smallest absolute Gasteiger partial charge is 0.120 e. The SMILES string of the molecule is CN1CC(c2c[nH]c3ccccc23)CC1n1cnnc1. The van der Waals surface area contributed by atoms with E-state index >= 15 is 0 Å². The van der Waals surface area contributed by atoms with Crippen LogP contribution in [0.4, 0.5) is 0 Å². The van der Waals surface area contributed by atoms with Gasteiger partial charge in [-0.2, -0.15) is 0 Å². The molecule has 0 aliphatic carbocycles. The Morgan fingerprint density at radius 1 is 1.20 bits per heavy atom.